The van der Waals surface area contributed by atoms with Crippen LogP contribution in [0.1, 0.15) is 31.9 Å². The van der Waals surface area contributed by atoms with Crippen LogP contribution in [0.2, 0.25) is 0 Å². The van der Waals surface area contributed by atoms with Crippen molar-refractivity contribution in [2.45, 2.75) is 45.3 Å². The van der Waals surface area contributed by atoms with Gasteiger partial charge in [0.1, 0.15) is 17.6 Å². The minimum Gasteiger partial charge on any atom is -0.484 e. The fourth-order valence-electron chi connectivity index (χ4n) is 3.60. The van der Waals surface area contributed by atoms with Gasteiger partial charge in [-0.05, 0) is 68.3 Å². The van der Waals surface area contributed by atoms with E-state index in [0.29, 0.717) is 12.2 Å². The molecule has 0 aliphatic carbocycles. The summed E-state index contributed by atoms with van der Waals surface area (Å²) in [6.45, 7) is 5.65. The van der Waals surface area contributed by atoms with Crippen molar-refractivity contribution in [2.24, 2.45) is 0 Å². The topological polar surface area (TPSA) is 58.6 Å². The Morgan fingerprint density at radius 2 is 1.63 bits per heavy atom. The molecule has 0 aliphatic rings. The highest BCUT2D eigenvalue weighted by molar-refractivity contribution is 9.10. The number of carbonyl (C=O) groups excluding carboxylic acids is 2. The predicted molar refractivity (Wildman–Crippen MR) is 138 cm³/mol. The third kappa shape index (κ3) is 8.51. The molecule has 7 heteroatoms. The number of rotatable bonds is 9. The average molecular weight is 541 g/mol. The largest absolute Gasteiger partial charge is 0.484 e. The molecular formula is C28H30BrFN2O3. The number of nitrogens with one attached hydrogen (secondary N) is 1. The average Bonchev–Trinajstić information content (AvgIpc) is 2.80. The molecule has 0 radical (unpaired) electrons. The molecule has 0 bridgehead atoms. The minimum atomic E-state index is -0.764. The molecule has 1 atom stereocenters. The first-order chi connectivity index (χ1) is 16.6. The van der Waals surface area contributed by atoms with Crippen molar-refractivity contribution in [1.29, 1.82) is 0 Å². The van der Waals surface area contributed by atoms with Crippen LogP contribution in [0.5, 0.6) is 5.75 Å². The number of halogens is 2. The molecule has 1 N–H and O–H groups in total. The molecule has 35 heavy (non-hydrogen) atoms. The molecule has 0 aliphatic heterocycles. The van der Waals surface area contributed by atoms with Gasteiger partial charge in [-0.15, -0.1) is 0 Å². The number of ether oxygens (including phenoxy) is 1. The standard InChI is InChI=1S/C28H30BrFN2O3/c1-28(2,3)31-27(34)25(17-20-8-5-4-6-9-20)32(18-21-10-7-11-22(29)16-21)26(33)19-35-24-14-12-23(30)13-15-24/h4-16,25H,17-19H2,1-3H3,(H,31,34)/t25-/m0/s1. The summed E-state index contributed by atoms with van der Waals surface area (Å²) in [5, 5.41) is 3.03. The Labute approximate surface area is 214 Å². The summed E-state index contributed by atoms with van der Waals surface area (Å²) < 4.78 is 19.8. The van der Waals surface area contributed by atoms with E-state index in [4.69, 9.17) is 4.74 Å². The first-order valence-electron chi connectivity index (χ1n) is 11.4. The summed E-state index contributed by atoms with van der Waals surface area (Å²) in [7, 11) is 0. The zero-order valence-electron chi connectivity index (χ0n) is 20.1. The second-order valence-corrected chi connectivity index (χ2v) is 10.3. The monoisotopic (exact) mass is 540 g/mol. The van der Waals surface area contributed by atoms with Crippen LogP contribution in [-0.4, -0.2) is 34.9 Å². The molecule has 3 aromatic rings. The van der Waals surface area contributed by atoms with Crippen molar-refractivity contribution < 1.29 is 18.7 Å². The van der Waals surface area contributed by atoms with E-state index in [-0.39, 0.29) is 30.8 Å². The van der Waals surface area contributed by atoms with Crippen LogP contribution >= 0.6 is 15.9 Å². The Bertz CT molecular complexity index is 1130. The van der Waals surface area contributed by atoms with E-state index in [1.165, 1.54) is 24.3 Å². The van der Waals surface area contributed by atoms with Crippen molar-refractivity contribution in [2.75, 3.05) is 6.61 Å². The summed E-state index contributed by atoms with van der Waals surface area (Å²) in [5.74, 6) is -0.603. The molecule has 184 valence electrons. The van der Waals surface area contributed by atoms with Crippen molar-refractivity contribution in [3.8, 4) is 5.75 Å². The lowest BCUT2D eigenvalue weighted by Crippen LogP contribution is -2.55. The van der Waals surface area contributed by atoms with E-state index in [1.807, 2.05) is 75.4 Å². The van der Waals surface area contributed by atoms with Crippen molar-refractivity contribution in [1.82, 2.24) is 10.2 Å². The van der Waals surface area contributed by atoms with E-state index >= 15 is 0 Å². The fourth-order valence-corrected chi connectivity index (χ4v) is 4.04. The van der Waals surface area contributed by atoms with Gasteiger partial charge >= 0.3 is 0 Å². The van der Waals surface area contributed by atoms with Gasteiger partial charge in [0.15, 0.2) is 6.61 Å². The number of hydrogen-bond donors (Lipinski definition) is 1. The molecule has 0 saturated carbocycles. The van der Waals surface area contributed by atoms with E-state index in [9.17, 15) is 14.0 Å². The Kier molecular flexibility index (Phi) is 9.04. The summed E-state index contributed by atoms with van der Waals surface area (Å²) in [4.78, 5) is 28.5. The highest BCUT2D eigenvalue weighted by Gasteiger charge is 2.32. The minimum absolute atomic E-state index is 0.222. The summed E-state index contributed by atoms with van der Waals surface area (Å²) in [6, 6.07) is 21.9. The second-order valence-electron chi connectivity index (χ2n) is 9.34. The number of hydrogen-bond acceptors (Lipinski definition) is 3. The van der Waals surface area contributed by atoms with Gasteiger partial charge in [0.05, 0.1) is 0 Å². The Morgan fingerprint density at radius 1 is 0.971 bits per heavy atom. The van der Waals surface area contributed by atoms with Gasteiger partial charge in [-0.2, -0.15) is 0 Å². The zero-order valence-corrected chi connectivity index (χ0v) is 21.7. The summed E-state index contributed by atoms with van der Waals surface area (Å²) in [5.41, 5.74) is 1.34. The Balaban J connectivity index is 1.92. The van der Waals surface area contributed by atoms with Crippen molar-refractivity contribution in [3.63, 3.8) is 0 Å². The maximum Gasteiger partial charge on any atom is 0.261 e. The van der Waals surface area contributed by atoms with Crippen molar-refractivity contribution >= 4 is 27.7 Å². The van der Waals surface area contributed by atoms with Gasteiger partial charge in [0.2, 0.25) is 5.91 Å². The van der Waals surface area contributed by atoms with Crippen LogP contribution in [-0.2, 0) is 22.6 Å². The quantitative estimate of drug-likeness (QED) is 0.388. The van der Waals surface area contributed by atoms with Crippen LogP contribution in [0.15, 0.2) is 83.3 Å². The molecule has 2 amide bonds. The molecule has 0 unspecified atom stereocenters. The lowest BCUT2D eigenvalue weighted by Gasteiger charge is -2.33. The Morgan fingerprint density at radius 3 is 2.26 bits per heavy atom. The van der Waals surface area contributed by atoms with E-state index in [2.05, 4.69) is 21.2 Å². The zero-order chi connectivity index (χ0) is 25.4. The molecule has 0 aromatic heterocycles. The van der Waals surface area contributed by atoms with Crippen LogP contribution in [0.25, 0.3) is 0 Å². The van der Waals surface area contributed by atoms with Gasteiger partial charge in [-0.3, -0.25) is 9.59 Å². The van der Waals surface area contributed by atoms with Gasteiger partial charge in [0.25, 0.3) is 5.91 Å². The maximum atomic E-state index is 13.5. The molecular weight excluding hydrogens is 511 g/mol. The fraction of sp³-hybridized carbons (Fsp3) is 0.286. The lowest BCUT2D eigenvalue weighted by molar-refractivity contribution is -0.143. The smallest absolute Gasteiger partial charge is 0.261 e. The van der Waals surface area contributed by atoms with Crippen LogP contribution < -0.4 is 10.1 Å². The molecule has 3 aromatic carbocycles. The second kappa shape index (κ2) is 12.0. The van der Waals surface area contributed by atoms with Crippen LogP contribution in [0.4, 0.5) is 4.39 Å². The third-order valence-electron chi connectivity index (χ3n) is 5.19. The third-order valence-corrected chi connectivity index (χ3v) is 5.68. The summed E-state index contributed by atoms with van der Waals surface area (Å²) in [6.07, 6.45) is 0.346. The number of amides is 2. The molecule has 0 fully saturated rings. The van der Waals surface area contributed by atoms with Gasteiger partial charge in [-0.25, -0.2) is 4.39 Å². The predicted octanol–water partition coefficient (Wildman–Crippen LogP) is 5.52. The van der Waals surface area contributed by atoms with E-state index in [0.717, 1.165) is 15.6 Å². The SMILES string of the molecule is CC(C)(C)NC(=O)[C@H](Cc1ccccc1)N(Cc1cccc(Br)c1)C(=O)COc1ccc(F)cc1. The highest BCUT2D eigenvalue weighted by atomic mass is 79.9. The molecule has 5 nitrogen and oxygen atoms in total. The molecule has 0 saturated heterocycles. The van der Waals surface area contributed by atoms with Gasteiger partial charge in [-0.1, -0.05) is 58.4 Å². The van der Waals surface area contributed by atoms with E-state index < -0.39 is 11.6 Å². The molecule has 3 rings (SSSR count). The number of nitrogens with zero attached hydrogens (tertiary/aromatic N) is 1. The van der Waals surface area contributed by atoms with Crippen LogP contribution in [0, 0.1) is 5.82 Å². The van der Waals surface area contributed by atoms with Gasteiger partial charge in [0, 0.05) is 23.0 Å². The van der Waals surface area contributed by atoms with Crippen molar-refractivity contribution in [3.05, 3.63) is 100 Å². The van der Waals surface area contributed by atoms with Crippen LogP contribution in [0.3, 0.4) is 0 Å². The van der Waals surface area contributed by atoms with E-state index in [1.54, 1.807) is 4.90 Å². The lowest BCUT2D eigenvalue weighted by atomic mass is 10.0. The highest BCUT2D eigenvalue weighted by Crippen LogP contribution is 2.19. The first-order valence-corrected chi connectivity index (χ1v) is 12.2. The Hall–Kier alpha value is -3.19. The normalized spacial score (nSPS) is 12.0. The van der Waals surface area contributed by atoms with Gasteiger partial charge < -0.3 is 15.0 Å². The number of benzene rings is 3. The molecule has 0 heterocycles. The first kappa shape index (κ1) is 26.4. The maximum absolute atomic E-state index is 13.5. The molecule has 0 spiro atoms. The number of carbonyl (C=O) groups is 2. The summed E-state index contributed by atoms with van der Waals surface area (Å²) >= 11 is 3.48.